The fourth-order valence-electron chi connectivity index (χ4n) is 1.17. The minimum Gasteiger partial charge on any atom is -0.323 e. The van der Waals surface area contributed by atoms with Gasteiger partial charge >= 0.3 is 0 Å². The van der Waals surface area contributed by atoms with E-state index in [9.17, 15) is 4.79 Å². The van der Waals surface area contributed by atoms with Crippen molar-refractivity contribution in [3.05, 3.63) is 24.3 Å². The Kier molecular flexibility index (Phi) is 4.38. The Labute approximate surface area is 101 Å². The third kappa shape index (κ3) is 3.00. The molecule has 1 aromatic rings. The molecule has 1 unspecified atom stereocenters. The highest BCUT2D eigenvalue weighted by molar-refractivity contribution is 7.98. The zero-order valence-corrected chi connectivity index (χ0v) is 10.7. The van der Waals surface area contributed by atoms with E-state index in [1.54, 1.807) is 18.7 Å². The van der Waals surface area contributed by atoms with Crippen LogP contribution in [0.15, 0.2) is 29.2 Å². The minimum absolute atomic E-state index is 0.142. The number of amides is 1. The first kappa shape index (κ1) is 13.1. The molecular weight excluding hydrogens is 220 g/mol. The predicted octanol–water partition coefficient (Wildman–Crippen LogP) is 2.47. The van der Waals surface area contributed by atoms with Crippen LogP contribution in [0.5, 0.6) is 0 Å². The van der Waals surface area contributed by atoms with Gasteiger partial charge in [-0.15, -0.1) is 11.8 Å². The molecule has 3 nitrogen and oxygen atoms in total. The van der Waals surface area contributed by atoms with E-state index in [1.807, 2.05) is 37.4 Å². The second-order valence-electron chi connectivity index (χ2n) is 3.93. The van der Waals surface area contributed by atoms with Crippen molar-refractivity contribution in [2.24, 2.45) is 5.73 Å². The van der Waals surface area contributed by atoms with Crippen LogP contribution >= 0.6 is 11.8 Å². The maximum Gasteiger partial charge on any atom is 0.244 e. The fourth-order valence-corrected chi connectivity index (χ4v) is 1.73. The lowest BCUT2D eigenvalue weighted by atomic mass is 9.99. The highest BCUT2D eigenvalue weighted by Gasteiger charge is 2.26. The van der Waals surface area contributed by atoms with Gasteiger partial charge in [-0.05, 0) is 31.7 Å². The molecule has 0 aliphatic rings. The second kappa shape index (κ2) is 5.37. The molecule has 1 amide bonds. The van der Waals surface area contributed by atoms with Crippen molar-refractivity contribution in [3.8, 4) is 0 Å². The molecule has 0 bridgehead atoms. The summed E-state index contributed by atoms with van der Waals surface area (Å²) in [4.78, 5) is 12.9. The Morgan fingerprint density at radius 1 is 1.50 bits per heavy atom. The van der Waals surface area contributed by atoms with E-state index in [0.29, 0.717) is 6.42 Å². The Hall–Kier alpha value is -1.00. The molecule has 0 spiro atoms. The zero-order valence-electron chi connectivity index (χ0n) is 9.91. The average molecular weight is 238 g/mol. The number of hydrogen-bond donors (Lipinski definition) is 2. The third-order valence-corrected chi connectivity index (χ3v) is 3.40. The molecule has 1 rings (SSSR count). The Balaban J connectivity index is 2.85. The van der Waals surface area contributed by atoms with Gasteiger partial charge in [0.15, 0.2) is 0 Å². The number of thioether (sulfide) groups is 1. The molecule has 88 valence electrons. The van der Waals surface area contributed by atoms with Gasteiger partial charge in [0.05, 0.1) is 11.2 Å². The molecule has 0 saturated carbocycles. The normalized spacial score (nSPS) is 14.2. The predicted molar refractivity (Wildman–Crippen MR) is 69.7 cm³/mol. The van der Waals surface area contributed by atoms with Gasteiger partial charge in [-0.25, -0.2) is 0 Å². The number of carbonyl (C=O) groups is 1. The molecule has 0 aromatic heterocycles. The maximum atomic E-state index is 11.9. The van der Waals surface area contributed by atoms with E-state index >= 15 is 0 Å². The number of nitrogens with two attached hydrogens (primary N) is 1. The summed E-state index contributed by atoms with van der Waals surface area (Å²) in [6.45, 7) is 3.64. The summed E-state index contributed by atoms with van der Waals surface area (Å²) in [5.74, 6) is -0.142. The third-order valence-electron chi connectivity index (χ3n) is 2.61. The monoisotopic (exact) mass is 238 g/mol. The number of benzene rings is 1. The van der Waals surface area contributed by atoms with Crippen LogP contribution in [0.3, 0.4) is 0 Å². The summed E-state index contributed by atoms with van der Waals surface area (Å²) in [7, 11) is 0. The number of hydrogen-bond acceptors (Lipinski definition) is 3. The highest BCUT2D eigenvalue weighted by atomic mass is 32.2. The van der Waals surface area contributed by atoms with Crippen LogP contribution in [0.25, 0.3) is 0 Å². The quantitative estimate of drug-likeness (QED) is 0.792. The minimum atomic E-state index is -0.814. The second-order valence-corrected chi connectivity index (χ2v) is 4.77. The van der Waals surface area contributed by atoms with Gasteiger partial charge in [0.2, 0.25) is 5.91 Å². The topological polar surface area (TPSA) is 55.1 Å². The number of anilines is 1. The van der Waals surface area contributed by atoms with E-state index < -0.39 is 5.54 Å². The Morgan fingerprint density at radius 2 is 2.12 bits per heavy atom. The van der Waals surface area contributed by atoms with Crippen molar-refractivity contribution in [3.63, 3.8) is 0 Å². The molecule has 3 N–H and O–H groups in total. The summed E-state index contributed by atoms with van der Waals surface area (Å²) in [5, 5.41) is 2.87. The summed E-state index contributed by atoms with van der Waals surface area (Å²) in [6, 6.07) is 7.70. The molecule has 4 heteroatoms. The van der Waals surface area contributed by atoms with Crippen molar-refractivity contribution < 1.29 is 4.79 Å². The van der Waals surface area contributed by atoms with Crippen LogP contribution in [0.1, 0.15) is 20.3 Å². The fraction of sp³-hybridized carbons (Fsp3) is 0.417. The maximum absolute atomic E-state index is 11.9. The molecular formula is C12H18N2OS. The van der Waals surface area contributed by atoms with Crippen LogP contribution in [-0.4, -0.2) is 17.7 Å². The molecule has 0 heterocycles. The first-order chi connectivity index (χ1) is 7.51. The van der Waals surface area contributed by atoms with Crippen LogP contribution in [0.4, 0.5) is 5.69 Å². The number of rotatable bonds is 4. The molecule has 16 heavy (non-hydrogen) atoms. The molecule has 0 aliphatic heterocycles. The van der Waals surface area contributed by atoms with Gasteiger partial charge < -0.3 is 11.1 Å². The van der Waals surface area contributed by atoms with Gasteiger partial charge in [0.1, 0.15) is 0 Å². The van der Waals surface area contributed by atoms with Crippen molar-refractivity contribution in [2.75, 3.05) is 11.6 Å². The van der Waals surface area contributed by atoms with Gasteiger partial charge in [0, 0.05) is 4.90 Å². The molecule has 0 radical (unpaired) electrons. The lowest BCUT2D eigenvalue weighted by Gasteiger charge is -2.22. The van der Waals surface area contributed by atoms with Crippen LogP contribution in [0.2, 0.25) is 0 Å². The average Bonchev–Trinajstić information content (AvgIpc) is 2.29. The summed E-state index contributed by atoms with van der Waals surface area (Å²) >= 11 is 1.60. The van der Waals surface area contributed by atoms with Crippen molar-refractivity contribution in [1.29, 1.82) is 0 Å². The molecule has 1 atom stereocenters. The lowest BCUT2D eigenvalue weighted by Crippen LogP contribution is -2.47. The number of nitrogens with one attached hydrogen (secondary N) is 1. The highest BCUT2D eigenvalue weighted by Crippen LogP contribution is 2.25. The largest absolute Gasteiger partial charge is 0.323 e. The number of carbonyl (C=O) groups excluding carboxylic acids is 1. The summed E-state index contributed by atoms with van der Waals surface area (Å²) in [5.41, 5.74) is 5.89. The van der Waals surface area contributed by atoms with Crippen LogP contribution in [0, 0.1) is 0 Å². The van der Waals surface area contributed by atoms with E-state index in [0.717, 1.165) is 10.6 Å². The molecule has 0 saturated heterocycles. The lowest BCUT2D eigenvalue weighted by molar-refractivity contribution is -0.120. The van der Waals surface area contributed by atoms with Crippen molar-refractivity contribution in [1.82, 2.24) is 0 Å². The zero-order chi connectivity index (χ0) is 12.2. The van der Waals surface area contributed by atoms with Gasteiger partial charge in [-0.3, -0.25) is 4.79 Å². The van der Waals surface area contributed by atoms with Crippen molar-refractivity contribution in [2.45, 2.75) is 30.7 Å². The molecule has 1 aromatic carbocycles. The smallest absolute Gasteiger partial charge is 0.244 e. The SMILES string of the molecule is CCC(C)(N)C(=O)Nc1ccccc1SC. The van der Waals surface area contributed by atoms with Gasteiger partial charge in [0.25, 0.3) is 0 Å². The van der Waals surface area contributed by atoms with E-state index in [2.05, 4.69) is 5.32 Å². The first-order valence-electron chi connectivity index (χ1n) is 5.24. The van der Waals surface area contributed by atoms with E-state index in [4.69, 9.17) is 5.73 Å². The molecule has 0 fully saturated rings. The van der Waals surface area contributed by atoms with E-state index in [-0.39, 0.29) is 5.91 Å². The van der Waals surface area contributed by atoms with Gasteiger partial charge in [-0.2, -0.15) is 0 Å². The summed E-state index contributed by atoms with van der Waals surface area (Å²) in [6.07, 6.45) is 2.59. The van der Waals surface area contributed by atoms with Crippen LogP contribution < -0.4 is 11.1 Å². The van der Waals surface area contributed by atoms with Gasteiger partial charge in [-0.1, -0.05) is 19.1 Å². The van der Waals surface area contributed by atoms with E-state index in [1.165, 1.54) is 0 Å². The number of para-hydroxylation sites is 1. The van der Waals surface area contributed by atoms with Crippen LogP contribution in [-0.2, 0) is 4.79 Å². The Bertz CT molecular complexity index is 377. The standard InChI is InChI=1S/C12H18N2OS/c1-4-12(2,13)11(15)14-9-7-5-6-8-10(9)16-3/h5-8H,4,13H2,1-3H3,(H,14,15). The van der Waals surface area contributed by atoms with Crippen molar-refractivity contribution >= 4 is 23.4 Å². The molecule has 0 aliphatic carbocycles. The summed E-state index contributed by atoms with van der Waals surface area (Å²) < 4.78 is 0. The Morgan fingerprint density at radius 3 is 2.69 bits per heavy atom. The first-order valence-corrected chi connectivity index (χ1v) is 6.47.